The van der Waals surface area contributed by atoms with Gasteiger partial charge in [0.25, 0.3) is 15.9 Å². The molecule has 194 valence electrons. The lowest BCUT2D eigenvalue weighted by Gasteiger charge is -2.31. The van der Waals surface area contributed by atoms with E-state index in [0.717, 1.165) is 9.87 Å². The Balaban J connectivity index is 1.83. The van der Waals surface area contributed by atoms with E-state index in [2.05, 4.69) is 5.32 Å². The van der Waals surface area contributed by atoms with Crippen molar-refractivity contribution in [2.45, 2.75) is 51.1 Å². The highest BCUT2D eigenvalue weighted by Crippen LogP contribution is 2.30. The van der Waals surface area contributed by atoms with Crippen molar-refractivity contribution in [2.24, 2.45) is 5.92 Å². The molecular weight excluding hydrogens is 482 g/mol. The first-order chi connectivity index (χ1) is 17.1. The number of ether oxygens (including phenoxy) is 1. The highest BCUT2D eigenvalue weighted by atomic mass is 32.2. The second-order valence-corrected chi connectivity index (χ2v) is 10.9. The van der Waals surface area contributed by atoms with Crippen LogP contribution in [0.3, 0.4) is 0 Å². The van der Waals surface area contributed by atoms with Crippen LogP contribution < -0.4 is 10.1 Å². The molecule has 2 aromatic carbocycles. The molecule has 0 spiro atoms. The fraction of sp³-hybridized carbons (Fsp3) is 0.423. The Bertz CT molecular complexity index is 1230. The molecule has 0 fully saturated rings. The maximum absolute atomic E-state index is 13.5. The van der Waals surface area contributed by atoms with Gasteiger partial charge in [0.15, 0.2) is 0 Å². The summed E-state index contributed by atoms with van der Waals surface area (Å²) in [5.74, 6) is -0.506. The smallest absolute Gasteiger partial charge is 0.269 e. The van der Waals surface area contributed by atoms with Crippen molar-refractivity contribution in [3.05, 3.63) is 59.7 Å². The van der Waals surface area contributed by atoms with Crippen molar-refractivity contribution >= 4 is 27.7 Å². The van der Waals surface area contributed by atoms with Crippen molar-refractivity contribution < 1.29 is 27.5 Å². The number of nitrogens with zero attached hydrogens (tertiary/aromatic N) is 2. The monoisotopic (exact) mass is 515 g/mol. The highest BCUT2D eigenvalue weighted by molar-refractivity contribution is 7.90. The lowest BCUT2D eigenvalue weighted by molar-refractivity contribution is -0.141. The van der Waals surface area contributed by atoms with Gasteiger partial charge in [-0.25, -0.2) is 12.7 Å². The standard InChI is InChI=1S/C26H33N3O6S/c1-5-22(25(31)27-16-18(2)3)28(17-19-9-8-10-20(15-19)35-4)24(30)13-14-29-26(32)21-11-6-7-12-23(21)36(29,33)34/h6-12,15,18,22H,5,13-14,16-17H2,1-4H3,(H,27,31). The summed E-state index contributed by atoms with van der Waals surface area (Å²) < 4.78 is 31.8. The van der Waals surface area contributed by atoms with Gasteiger partial charge in [0.05, 0.1) is 12.7 Å². The second kappa shape index (κ2) is 11.6. The Morgan fingerprint density at radius 3 is 2.47 bits per heavy atom. The van der Waals surface area contributed by atoms with Gasteiger partial charge >= 0.3 is 0 Å². The third-order valence-electron chi connectivity index (χ3n) is 6.00. The van der Waals surface area contributed by atoms with Gasteiger partial charge in [-0.2, -0.15) is 0 Å². The summed E-state index contributed by atoms with van der Waals surface area (Å²) in [5.41, 5.74) is 0.854. The number of benzene rings is 2. The van der Waals surface area contributed by atoms with E-state index >= 15 is 0 Å². The molecule has 0 radical (unpaired) electrons. The Labute approximate surface area is 212 Å². The average molecular weight is 516 g/mol. The van der Waals surface area contributed by atoms with Crippen molar-refractivity contribution in [1.82, 2.24) is 14.5 Å². The van der Waals surface area contributed by atoms with E-state index in [9.17, 15) is 22.8 Å². The van der Waals surface area contributed by atoms with Gasteiger partial charge < -0.3 is 15.0 Å². The number of hydrogen-bond acceptors (Lipinski definition) is 6. The van der Waals surface area contributed by atoms with E-state index in [1.165, 1.54) is 17.0 Å². The molecule has 1 aliphatic rings. The third kappa shape index (κ3) is 5.87. The van der Waals surface area contributed by atoms with Gasteiger partial charge in [-0.3, -0.25) is 14.4 Å². The molecule has 1 aliphatic heterocycles. The minimum absolute atomic E-state index is 0.0600. The Hall–Kier alpha value is -3.40. The fourth-order valence-corrected chi connectivity index (χ4v) is 5.67. The van der Waals surface area contributed by atoms with Gasteiger partial charge in [-0.05, 0) is 42.2 Å². The number of amides is 3. The Morgan fingerprint density at radius 1 is 1.11 bits per heavy atom. The summed E-state index contributed by atoms with van der Waals surface area (Å²) in [4.78, 5) is 40.6. The molecule has 0 saturated heterocycles. The zero-order chi connectivity index (χ0) is 26.5. The number of carbonyl (C=O) groups excluding carboxylic acids is 3. The molecule has 0 aromatic heterocycles. The number of methoxy groups -OCH3 is 1. The maximum Gasteiger partial charge on any atom is 0.269 e. The van der Waals surface area contributed by atoms with E-state index in [1.807, 2.05) is 26.8 Å². The predicted molar refractivity (Wildman–Crippen MR) is 135 cm³/mol. The van der Waals surface area contributed by atoms with Gasteiger partial charge in [-0.1, -0.05) is 45.0 Å². The molecule has 3 rings (SSSR count). The zero-order valence-corrected chi connectivity index (χ0v) is 21.9. The number of nitrogens with one attached hydrogen (secondary N) is 1. The first-order valence-electron chi connectivity index (χ1n) is 12.0. The van der Waals surface area contributed by atoms with E-state index < -0.39 is 27.9 Å². The Morgan fingerprint density at radius 2 is 1.83 bits per heavy atom. The molecule has 0 saturated carbocycles. The predicted octanol–water partition coefficient (Wildman–Crippen LogP) is 2.81. The molecule has 0 bridgehead atoms. The molecule has 1 atom stereocenters. The highest BCUT2D eigenvalue weighted by Gasteiger charge is 2.41. The van der Waals surface area contributed by atoms with Crippen LogP contribution in [0.25, 0.3) is 0 Å². The number of sulfonamides is 1. The summed E-state index contributed by atoms with van der Waals surface area (Å²) in [6, 6.07) is 12.4. The summed E-state index contributed by atoms with van der Waals surface area (Å²) in [7, 11) is -2.48. The van der Waals surface area contributed by atoms with Crippen LogP contribution in [0, 0.1) is 5.92 Å². The number of fused-ring (bicyclic) bond motifs is 1. The molecule has 3 amide bonds. The maximum atomic E-state index is 13.5. The van der Waals surface area contributed by atoms with Gasteiger partial charge in [0.1, 0.15) is 16.7 Å². The normalized spacial score (nSPS) is 14.9. The van der Waals surface area contributed by atoms with E-state index in [0.29, 0.717) is 18.7 Å². The van der Waals surface area contributed by atoms with E-state index in [-0.39, 0.29) is 41.8 Å². The second-order valence-electron chi connectivity index (χ2n) is 9.06. The molecule has 10 heteroatoms. The summed E-state index contributed by atoms with van der Waals surface area (Å²) >= 11 is 0. The lowest BCUT2D eigenvalue weighted by Crippen LogP contribution is -2.50. The van der Waals surface area contributed by atoms with Crippen LogP contribution >= 0.6 is 0 Å². The van der Waals surface area contributed by atoms with Crippen LogP contribution in [0.5, 0.6) is 5.75 Å². The zero-order valence-electron chi connectivity index (χ0n) is 21.1. The SMILES string of the molecule is CCC(C(=O)NCC(C)C)N(Cc1cccc(OC)c1)C(=O)CCN1C(=O)c2ccccc2S1(=O)=O. The third-order valence-corrected chi connectivity index (χ3v) is 7.84. The largest absolute Gasteiger partial charge is 0.497 e. The van der Waals surface area contributed by atoms with Crippen LogP contribution in [0.1, 0.15) is 49.5 Å². The first-order valence-corrected chi connectivity index (χ1v) is 13.4. The van der Waals surface area contributed by atoms with Crippen LogP contribution in [-0.2, 0) is 26.2 Å². The van der Waals surface area contributed by atoms with Crippen LogP contribution in [0.15, 0.2) is 53.4 Å². The van der Waals surface area contributed by atoms with Gasteiger partial charge in [0, 0.05) is 26.1 Å². The molecular formula is C26H33N3O6S. The Kier molecular flexibility index (Phi) is 8.73. The number of carbonyl (C=O) groups is 3. The fourth-order valence-electron chi connectivity index (χ4n) is 4.10. The van der Waals surface area contributed by atoms with E-state index in [1.54, 1.807) is 37.4 Å². The average Bonchev–Trinajstić information content (AvgIpc) is 3.06. The topological polar surface area (TPSA) is 113 Å². The summed E-state index contributed by atoms with van der Waals surface area (Å²) in [5, 5.41) is 2.89. The van der Waals surface area contributed by atoms with Crippen LogP contribution in [-0.4, -0.2) is 61.6 Å². The molecule has 1 heterocycles. The first kappa shape index (κ1) is 27.2. The van der Waals surface area contributed by atoms with Crippen LogP contribution in [0.2, 0.25) is 0 Å². The minimum Gasteiger partial charge on any atom is -0.497 e. The molecule has 36 heavy (non-hydrogen) atoms. The molecule has 1 unspecified atom stereocenters. The quantitative estimate of drug-likeness (QED) is 0.492. The number of hydrogen-bond donors (Lipinski definition) is 1. The lowest BCUT2D eigenvalue weighted by atomic mass is 10.1. The molecule has 2 aromatic rings. The van der Waals surface area contributed by atoms with Gasteiger partial charge in [0.2, 0.25) is 11.8 Å². The van der Waals surface area contributed by atoms with E-state index in [4.69, 9.17) is 4.74 Å². The minimum atomic E-state index is -4.03. The molecule has 0 aliphatic carbocycles. The van der Waals surface area contributed by atoms with Gasteiger partial charge in [-0.15, -0.1) is 0 Å². The molecule has 1 N–H and O–H groups in total. The van der Waals surface area contributed by atoms with Crippen molar-refractivity contribution in [1.29, 1.82) is 0 Å². The molecule has 9 nitrogen and oxygen atoms in total. The summed E-state index contributed by atoms with van der Waals surface area (Å²) in [6.07, 6.45) is 0.114. The van der Waals surface area contributed by atoms with Crippen molar-refractivity contribution in [2.75, 3.05) is 20.2 Å². The van der Waals surface area contributed by atoms with Crippen LogP contribution in [0.4, 0.5) is 0 Å². The van der Waals surface area contributed by atoms with Crippen molar-refractivity contribution in [3.63, 3.8) is 0 Å². The summed E-state index contributed by atoms with van der Waals surface area (Å²) in [6.45, 7) is 6.06. The number of rotatable bonds is 11. The van der Waals surface area contributed by atoms with Crippen molar-refractivity contribution in [3.8, 4) is 5.75 Å².